The van der Waals surface area contributed by atoms with Crippen molar-refractivity contribution in [3.05, 3.63) is 59.7 Å². The molecule has 3 aromatic rings. The van der Waals surface area contributed by atoms with Crippen LogP contribution in [0.15, 0.2) is 48.5 Å². The maximum absolute atomic E-state index is 12.9. The van der Waals surface area contributed by atoms with E-state index in [0.29, 0.717) is 28.2 Å². The third-order valence-electron chi connectivity index (χ3n) is 3.91. The first-order valence-corrected chi connectivity index (χ1v) is 8.26. The van der Waals surface area contributed by atoms with Crippen LogP contribution in [0.25, 0.3) is 22.5 Å². The zero-order chi connectivity index (χ0) is 18.0. The number of carbonyl (C=O) groups excluding carboxylic acids is 2. The van der Waals surface area contributed by atoms with Crippen molar-refractivity contribution in [2.75, 3.05) is 5.32 Å². The number of H-pyrrole nitrogens is 1. The predicted octanol–water partition coefficient (Wildman–Crippen LogP) is 4.27. The largest absolute Gasteiger partial charge is 0.326 e. The summed E-state index contributed by atoms with van der Waals surface area (Å²) in [5.74, 6) is -0.324. The highest BCUT2D eigenvalue weighted by Crippen LogP contribution is 2.42. The van der Waals surface area contributed by atoms with Gasteiger partial charge in [-0.25, -0.2) is 0 Å². The Bertz CT molecular complexity index is 943. The molecule has 2 aromatic carbocycles. The molecule has 0 saturated heterocycles. The minimum atomic E-state index is -0.205. The summed E-state index contributed by atoms with van der Waals surface area (Å²) in [6.07, 6.45) is 0. The van der Waals surface area contributed by atoms with Crippen LogP contribution in [0.2, 0.25) is 0 Å². The van der Waals surface area contributed by atoms with Crippen LogP contribution < -0.4 is 5.32 Å². The molecule has 4 rings (SSSR count). The summed E-state index contributed by atoms with van der Waals surface area (Å²) in [7, 11) is 0. The Morgan fingerprint density at radius 3 is 2.40 bits per heavy atom. The van der Waals surface area contributed by atoms with Gasteiger partial charge in [0.05, 0.1) is 22.5 Å². The second-order valence-corrected chi connectivity index (χ2v) is 5.43. The zero-order valence-corrected chi connectivity index (χ0v) is 14.4. The van der Waals surface area contributed by atoms with Gasteiger partial charge in [-0.3, -0.25) is 14.7 Å². The Kier molecular flexibility index (Phi) is 4.48. The van der Waals surface area contributed by atoms with Crippen molar-refractivity contribution in [2.24, 2.45) is 0 Å². The molecule has 0 radical (unpaired) electrons. The summed E-state index contributed by atoms with van der Waals surface area (Å²) in [4.78, 5) is 24.3. The Labute approximate surface area is 146 Å². The number of anilines is 1. The number of nitrogens with one attached hydrogen (secondary N) is 2. The van der Waals surface area contributed by atoms with Crippen molar-refractivity contribution in [3.8, 4) is 22.5 Å². The normalized spacial score (nSPS) is 11.2. The lowest BCUT2D eigenvalue weighted by Gasteiger charge is -2.07. The van der Waals surface area contributed by atoms with Gasteiger partial charge in [-0.1, -0.05) is 56.3 Å². The minimum absolute atomic E-state index is 0.119. The number of hydrogen-bond donors (Lipinski definition) is 2. The molecule has 1 aliphatic rings. The summed E-state index contributed by atoms with van der Waals surface area (Å²) in [6.45, 7) is 5.43. The summed E-state index contributed by atoms with van der Waals surface area (Å²) in [5, 5.41) is 10.0. The Balaban J connectivity index is 0.000000880. The number of amides is 1. The van der Waals surface area contributed by atoms with E-state index in [1.54, 1.807) is 6.07 Å². The molecule has 5 nitrogen and oxygen atoms in total. The van der Waals surface area contributed by atoms with E-state index in [1.165, 1.54) is 6.92 Å². The van der Waals surface area contributed by atoms with Crippen molar-refractivity contribution in [1.29, 1.82) is 0 Å². The third-order valence-corrected chi connectivity index (χ3v) is 3.91. The maximum atomic E-state index is 12.9. The van der Waals surface area contributed by atoms with Crippen molar-refractivity contribution in [2.45, 2.75) is 20.8 Å². The molecule has 1 aliphatic carbocycles. The first-order chi connectivity index (χ1) is 12.2. The Morgan fingerprint density at radius 2 is 1.72 bits per heavy atom. The second kappa shape index (κ2) is 6.73. The molecule has 25 heavy (non-hydrogen) atoms. The molecule has 0 spiro atoms. The Hall–Kier alpha value is -3.21. The van der Waals surface area contributed by atoms with Gasteiger partial charge in [0.25, 0.3) is 0 Å². The van der Waals surface area contributed by atoms with E-state index in [9.17, 15) is 9.59 Å². The van der Waals surface area contributed by atoms with Crippen LogP contribution in [0.4, 0.5) is 5.69 Å². The smallest absolute Gasteiger partial charge is 0.221 e. The van der Waals surface area contributed by atoms with Crippen LogP contribution in [0, 0.1) is 0 Å². The van der Waals surface area contributed by atoms with Crippen LogP contribution in [-0.2, 0) is 4.79 Å². The van der Waals surface area contributed by atoms with Crippen LogP contribution in [0.1, 0.15) is 36.7 Å². The van der Waals surface area contributed by atoms with Crippen LogP contribution in [0.5, 0.6) is 0 Å². The number of ketones is 1. The topological polar surface area (TPSA) is 74.8 Å². The molecule has 0 saturated carbocycles. The fraction of sp³-hybridized carbons (Fsp3) is 0.150. The number of fused-ring (bicyclic) bond motifs is 3. The van der Waals surface area contributed by atoms with Gasteiger partial charge >= 0.3 is 0 Å². The standard InChI is InChI=1S/C18H13N3O2.C2H6/c1-10(22)19-13-9-5-8-12-14(13)18(23)15-16(20-21-17(12)15)11-6-3-2-4-7-11;1-2/h2-9H,1H3,(H,19,22)(H,20,21);1-2H3. The van der Waals surface area contributed by atoms with Gasteiger partial charge < -0.3 is 5.32 Å². The van der Waals surface area contributed by atoms with Crippen LogP contribution in [-0.4, -0.2) is 21.9 Å². The van der Waals surface area contributed by atoms with Gasteiger partial charge in [-0.15, -0.1) is 0 Å². The molecule has 0 atom stereocenters. The number of benzene rings is 2. The lowest BCUT2D eigenvalue weighted by atomic mass is 10.0. The van der Waals surface area contributed by atoms with Crippen molar-refractivity contribution in [1.82, 2.24) is 10.2 Å². The predicted molar refractivity (Wildman–Crippen MR) is 98.5 cm³/mol. The van der Waals surface area contributed by atoms with E-state index >= 15 is 0 Å². The number of nitrogens with zero attached hydrogens (tertiary/aromatic N) is 1. The molecule has 126 valence electrons. The monoisotopic (exact) mass is 333 g/mol. The molecule has 0 fully saturated rings. The van der Waals surface area contributed by atoms with E-state index in [-0.39, 0.29) is 11.7 Å². The number of hydrogen-bond acceptors (Lipinski definition) is 3. The van der Waals surface area contributed by atoms with Crippen LogP contribution in [0.3, 0.4) is 0 Å². The Morgan fingerprint density at radius 1 is 1.00 bits per heavy atom. The van der Waals surface area contributed by atoms with E-state index in [0.717, 1.165) is 11.1 Å². The molecular weight excluding hydrogens is 314 g/mol. The highest BCUT2D eigenvalue weighted by Gasteiger charge is 2.34. The number of aromatic amines is 1. The first-order valence-electron chi connectivity index (χ1n) is 8.26. The summed E-state index contributed by atoms with van der Waals surface area (Å²) < 4.78 is 0. The molecule has 2 N–H and O–H groups in total. The average molecular weight is 333 g/mol. The van der Waals surface area contributed by atoms with Gasteiger partial charge in [0, 0.05) is 18.1 Å². The molecule has 1 heterocycles. The van der Waals surface area contributed by atoms with Gasteiger partial charge in [-0.05, 0) is 6.07 Å². The lowest BCUT2D eigenvalue weighted by molar-refractivity contribution is -0.114. The molecule has 0 aliphatic heterocycles. The lowest BCUT2D eigenvalue weighted by Crippen LogP contribution is -2.10. The van der Waals surface area contributed by atoms with E-state index in [1.807, 2.05) is 56.3 Å². The molecule has 0 unspecified atom stereocenters. The van der Waals surface area contributed by atoms with Crippen molar-refractivity contribution >= 4 is 17.4 Å². The molecule has 1 aromatic heterocycles. The van der Waals surface area contributed by atoms with Gasteiger partial charge in [0.2, 0.25) is 5.91 Å². The molecular formula is C20H19N3O2. The first kappa shape index (κ1) is 16.6. The molecule has 1 amide bonds. The summed E-state index contributed by atoms with van der Waals surface area (Å²) >= 11 is 0. The zero-order valence-electron chi connectivity index (χ0n) is 14.4. The third kappa shape index (κ3) is 2.74. The number of aromatic nitrogens is 2. The average Bonchev–Trinajstić information content (AvgIpc) is 3.18. The quantitative estimate of drug-likeness (QED) is 0.575. The number of rotatable bonds is 2. The second-order valence-electron chi connectivity index (χ2n) is 5.43. The van der Waals surface area contributed by atoms with Crippen molar-refractivity contribution in [3.63, 3.8) is 0 Å². The fourth-order valence-corrected chi connectivity index (χ4v) is 2.99. The van der Waals surface area contributed by atoms with Gasteiger partial charge in [0.15, 0.2) is 5.78 Å². The summed E-state index contributed by atoms with van der Waals surface area (Å²) in [6, 6.07) is 15.0. The SMILES string of the molecule is CC.CC(=O)Nc1cccc2c1C(=O)c1c(-c3ccccc3)n[nH]c1-2. The highest BCUT2D eigenvalue weighted by atomic mass is 16.1. The maximum Gasteiger partial charge on any atom is 0.221 e. The number of carbonyl (C=O) groups is 2. The summed E-state index contributed by atoms with van der Waals surface area (Å²) in [5.41, 5.74) is 4.60. The molecule has 5 heteroatoms. The highest BCUT2D eigenvalue weighted by molar-refractivity contribution is 6.26. The minimum Gasteiger partial charge on any atom is -0.326 e. The van der Waals surface area contributed by atoms with E-state index in [2.05, 4.69) is 15.5 Å². The molecule has 0 bridgehead atoms. The van der Waals surface area contributed by atoms with Gasteiger partial charge in [0.1, 0.15) is 5.69 Å². The van der Waals surface area contributed by atoms with Crippen molar-refractivity contribution < 1.29 is 9.59 Å². The van der Waals surface area contributed by atoms with E-state index < -0.39 is 0 Å². The van der Waals surface area contributed by atoms with Gasteiger partial charge in [-0.2, -0.15) is 5.10 Å². The fourth-order valence-electron chi connectivity index (χ4n) is 2.99. The van der Waals surface area contributed by atoms with Crippen LogP contribution >= 0.6 is 0 Å². The van der Waals surface area contributed by atoms with E-state index in [4.69, 9.17) is 0 Å².